The van der Waals surface area contributed by atoms with E-state index in [4.69, 9.17) is 10.2 Å². The van der Waals surface area contributed by atoms with E-state index < -0.39 is 11.9 Å². The molecule has 0 aliphatic rings. The molecule has 1 rings (SSSR count). The van der Waals surface area contributed by atoms with Crippen LogP contribution >= 0.6 is 0 Å². The van der Waals surface area contributed by atoms with Gasteiger partial charge in [-0.3, -0.25) is 9.59 Å². The fourth-order valence-electron chi connectivity index (χ4n) is 2.12. The van der Waals surface area contributed by atoms with Crippen molar-refractivity contribution in [2.24, 2.45) is 0 Å². The highest BCUT2D eigenvalue weighted by atomic mass is 16.4. The van der Waals surface area contributed by atoms with E-state index >= 15 is 0 Å². The normalized spacial score (nSPS) is 10.2. The van der Waals surface area contributed by atoms with Gasteiger partial charge in [0.05, 0.1) is 6.42 Å². The quantitative estimate of drug-likeness (QED) is 0.787. The summed E-state index contributed by atoms with van der Waals surface area (Å²) in [6.45, 7) is 3.91. The summed E-state index contributed by atoms with van der Waals surface area (Å²) in [6, 6.07) is 5.77. The first kappa shape index (κ1) is 15.0. The number of benzene rings is 1. The average molecular weight is 265 g/mol. The molecule has 0 saturated heterocycles. The van der Waals surface area contributed by atoms with Crippen LogP contribution in [0.1, 0.15) is 24.5 Å². The molecule has 0 bridgehead atoms. The molecule has 0 aromatic heterocycles. The number of hydrogen-bond acceptors (Lipinski definition) is 3. The highest BCUT2D eigenvalue weighted by Crippen LogP contribution is 2.25. The van der Waals surface area contributed by atoms with Gasteiger partial charge in [0.25, 0.3) is 0 Å². The molecule has 0 fully saturated rings. The summed E-state index contributed by atoms with van der Waals surface area (Å²) >= 11 is 0. The van der Waals surface area contributed by atoms with Crippen molar-refractivity contribution in [3.8, 4) is 0 Å². The molecule has 5 nitrogen and oxygen atoms in total. The van der Waals surface area contributed by atoms with Crippen LogP contribution in [0.4, 0.5) is 5.69 Å². The Labute approximate surface area is 112 Å². The zero-order valence-corrected chi connectivity index (χ0v) is 11.2. The van der Waals surface area contributed by atoms with Crippen molar-refractivity contribution in [2.45, 2.75) is 26.7 Å². The van der Waals surface area contributed by atoms with Crippen molar-refractivity contribution in [1.29, 1.82) is 0 Å². The van der Waals surface area contributed by atoms with E-state index in [1.54, 1.807) is 4.90 Å². The van der Waals surface area contributed by atoms with Crippen LogP contribution in [0.3, 0.4) is 0 Å². The zero-order chi connectivity index (χ0) is 14.4. The Kier molecular flexibility index (Phi) is 5.36. The highest BCUT2D eigenvalue weighted by molar-refractivity contribution is 5.76. The van der Waals surface area contributed by atoms with Gasteiger partial charge in [-0.1, -0.05) is 25.1 Å². The van der Waals surface area contributed by atoms with Crippen molar-refractivity contribution in [3.05, 3.63) is 29.3 Å². The molecular weight excluding hydrogens is 246 g/mol. The van der Waals surface area contributed by atoms with Crippen LogP contribution < -0.4 is 4.90 Å². The maximum atomic E-state index is 10.9. The number of hydrogen-bond donors (Lipinski definition) is 2. The molecule has 0 heterocycles. The lowest BCUT2D eigenvalue weighted by Crippen LogP contribution is -2.33. The standard InChI is InChI=1S/C14H19NO4/c1-3-11-6-4-5-10(2)14(11)15(9-13(18)19)8-7-12(16)17/h4-6H,3,7-9H2,1-2H3,(H,16,17)(H,18,19). The summed E-state index contributed by atoms with van der Waals surface area (Å²) in [6.07, 6.45) is 0.699. The van der Waals surface area contributed by atoms with E-state index in [0.29, 0.717) is 0 Å². The molecule has 1 aromatic rings. The van der Waals surface area contributed by atoms with Crippen LogP contribution in [0, 0.1) is 6.92 Å². The maximum Gasteiger partial charge on any atom is 0.323 e. The molecule has 0 atom stereocenters. The van der Waals surface area contributed by atoms with E-state index in [1.165, 1.54) is 0 Å². The lowest BCUT2D eigenvalue weighted by molar-refractivity contribution is -0.138. The number of carboxylic acids is 2. The summed E-state index contributed by atoms with van der Waals surface area (Å²) < 4.78 is 0. The topological polar surface area (TPSA) is 77.8 Å². The molecular formula is C14H19NO4. The first-order valence-electron chi connectivity index (χ1n) is 6.22. The first-order chi connectivity index (χ1) is 8.95. The fourth-order valence-corrected chi connectivity index (χ4v) is 2.12. The Bertz CT molecular complexity index is 471. The van der Waals surface area contributed by atoms with Gasteiger partial charge in [-0.2, -0.15) is 0 Å². The van der Waals surface area contributed by atoms with E-state index in [9.17, 15) is 9.59 Å². The number of rotatable bonds is 7. The van der Waals surface area contributed by atoms with E-state index in [1.807, 2.05) is 32.0 Å². The minimum atomic E-state index is -0.962. The molecule has 104 valence electrons. The van der Waals surface area contributed by atoms with Crippen molar-refractivity contribution in [3.63, 3.8) is 0 Å². The van der Waals surface area contributed by atoms with Gasteiger partial charge >= 0.3 is 11.9 Å². The van der Waals surface area contributed by atoms with Gasteiger partial charge in [0.1, 0.15) is 6.54 Å². The second-order valence-electron chi connectivity index (χ2n) is 4.40. The van der Waals surface area contributed by atoms with Crippen LogP contribution in [0.5, 0.6) is 0 Å². The predicted molar refractivity (Wildman–Crippen MR) is 72.7 cm³/mol. The van der Waals surface area contributed by atoms with Gasteiger partial charge in [0, 0.05) is 12.2 Å². The van der Waals surface area contributed by atoms with Crippen molar-refractivity contribution in [1.82, 2.24) is 0 Å². The number of aliphatic carboxylic acids is 2. The molecule has 19 heavy (non-hydrogen) atoms. The third kappa shape index (κ3) is 4.28. The first-order valence-corrected chi connectivity index (χ1v) is 6.22. The molecule has 0 amide bonds. The number of carboxylic acid groups (broad SMARTS) is 2. The minimum Gasteiger partial charge on any atom is -0.481 e. The molecule has 0 radical (unpaired) electrons. The monoisotopic (exact) mass is 265 g/mol. The van der Waals surface area contributed by atoms with Crippen LogP contribution in [0.25, 0.3) is 0 Å². The van der Waals surface area contributed by atoms with Gasteiger partial charge in [0.15, 0.2) is 0 Å². The Morgan fingerprint density at radius 3 is 2.42 bits per heavy atom. The van der Waals surface area contributed by atoms with Gasteiger partial charge in [-0.05, 0) is 24.5 Å². The van der Waals surface area contributed by atoms with Gasteiger partial charge in [-0.25, -0.2) is 0 Å². The fraction of sp³-hybridized carbons (Fsp3) is 0.429. The Morgan fingerprint density at radius 2 is 1.89 bits per heavy atom. The largest absolute Gasteiger partial charge is 0.481 e. The number of nitrogens with zero attached hydrogens (tertiary/aromatic N) is 1. The SMILES string of the molecule is CCc1cccc(C)c1N(CCC(=O)O)CC(=O)O. The highest BCUT2D eigenvalue weighted by Gasteiger charge is 2.16. The molecule has 5 heteroatoms. The van der Waals surface area contributed by atoms with Crippen LogP contribution in [0.2, 0.25) is 0 Å². The Hall–Kier alpha value is -2.04. The van der Waals surface area contributed by atoms with E-state index in [2.05, 4.69) is 0 Å². The third-order valence-corrected chi connectivity index (χ3v) is 2.94. The number of para-hydroxylation sites is 1. The molecule has 0 unspecified atom stereocenters. The Morgan fingerprint density at radius 1 is 1.21 bits per heavy atom. The molecule has 0 saturated carbocycles. The van der Waals surface area contributed by atoms with Gasteiger partial charge in [0.2, 0.25) is 0 Å². The lowest BCUT2D eigenvalue weighted by atomic mass is 10.0. The summed E-state index contributed by atoms with van der Waals surface area (Å²) in [7, 11) is 0. The number of anilines is 1. The molecule has 0 aliphatic heterocycles. The number of carbonyl (C=O) groups is 2. The van der Waals surface area contributed by atoms with E-state index in [0.717, 1.165) is 23.2 Å². The van der Waals surface area contributed by atoms with Crippen molar-refractivity contribution in [2.75, 3.05) is 18.0 Å². The lowest BCUT2D eigenvalue weighted by Gasteiger charge is -2.26. The molecule has 1 aromatic carbocycles. The molecule has 2 N–H and O–H groups in total. The Balaban J connectivity index is 3.08. The van der Waals surface area contributed by atoms with E-state index in [-0.39, 0.29) is 19.5 Å². The zero-order valence-electron chi connectivity index (χ0n) is 11.2. The second kappa shape index (κ2) is 6.78. The van der Waals surface area contributed by atoms with Crippen LogP contribution in [-0.2, 0) is 16.0 Å². The predicted octanol–water partition coefficient (Wildman–Crippen LogP) is 1.92. The van der Waals surface area contributed by atoms with Crippen molar-refractivity contribution < 1.29 is 19.8 Å². The minimum absolute atomic E-state index is 0.0786. The summed E-state index contributed by atoms with van der Waals surface area (Å²) in [5.41, 5.74) is 2.84. The number of aryl methyl sites for hydroxylation is 2. The third-order valence-electron chi connectivity index (χ3n) is 2.94. The van der Waals surface area contributed by atoms with Gasteiger partial charge < -0.3 is 15.1 Å². The molecule has 0 spiro atoms. The van der Waals surface area contributed by atoms with Crippen molar-refractivity contribution >= 4 is 17.6 Å². The summed E-state index contributed by atoms with van der Waals surface area (Å²) in [5.74, 6) is -1.89. The summed E-state index contributed by atoms with van der Waals surface area (Å²) in [5, 5.41) is 17.7. The maximum absolute atomic E-state index is 10.9. The van der Waals surface area contributed by atoms with Gasteiger partial charge in [-0.15, -0.1) is 0 Å². The molecule has 0 aliphatic carbocycles. The average Bonchev–Trinajstić information content (AvgIpc) is 2.33. The smallest absolute Gasteiger partial charge is 0.323 e. The second-order valence-corrected chi connectivity index (χ2v) is 4.40. The summed E-state index contributed by atoms with van der Waals surface area (Å²) in [4.78, 5) is 23.3. The van der Waals surface area contributed by atoms with Crippen LogP contribution in [-0.4, -0.2) is 35.2 Å². The van der Waals surface area contributed by atoms with Crippen LogP contribution in [0.15, 0.2) is 18.2 Å².